The van der Waals surface area contributed by atoms with Gasteiger partial charge in [-0.15, -0.1) is 12.4 Å². The molecule has 1 aromatic carbocycles. The maximum absolute atomic E-state index is 11.8. The van der Waals surface area contributed by atoms with Crippen molar-refractivity contribution in [2.24, 2.45) is 5.92 Å². The minimum absolute atomic E-state index is 0. The molecule has 0 bridgehead atoms. The van der Waals surface area contributed by atoms with Gasteiger partial charge < -0.3 is 10.6 Å². The van der Waals surface area contributed by atoms with Crippen molar-refractivity contribution in [2.45, 2.75) is 26.7 Å². The Morgan fingerprint density at radius 2 is 1.94 bits per heavy atom. The van der Waals surface area contributed by atoms with Crippen LogP contribution in [-0.2, 0) is 4.79 Å². The predicted octanol–water partition coefficient (Wildman–Crippen LogP) is 3.03. The van der Waals surface area contributed by atoms with Gasteiger partial charge in [0.1, 0.15) is 0 Å². The van der Waals surface area contributed by atoms with Crippen LogP contribution in [0.1, 0.15) is 32.3 Å². The van der Waals surface area contributed by atoms with Gasteiger partial charge >= 0.3 is 0 Å². The van der Waals surface area contributed by atoms with E-state index in [1.807, 2.05) is 32.2 Å². The van der Waals surface area contributed by atoms with Gasteiger partial charge in [0.15, 0.2) is 0 Å². The molecular weight excluding hydrogens is 248 g/mol. The van der Waals surface area contributed by atoms with Gasteiger partial charge in [0.25, 0.3) is 0 Å². The maximum atomic E-state index is 11.8. The molecule has 0 saturated heterocycles. The lowest BCUT2D eigenvalue weighted by atomic mass is 10.0. The van der Waals surface area contributed by atoms with E-state index in [0.29, 0.717) is 12.5 Å². The Morgan fingerprint density at radius 1 is 1.28 bits per heavy atom. The summed E-state index contributed by atoms with van der Waals surface area (Å²) in [4.78, 5) is 11.8. The van der Waals surface area contributed by atoms with Crippen molar-refractivity contribution in [1.82, 2.24) is 5.32 Å². The summed E-state index contributed by atoms with van der Waals surface area (Å²) in [5, 5.41) is 5.95. The summed E-state index contributed by atoms with van der Waals surface area (Å²) in [5.41, 5.74) is 2.12. The van der Waals surface area contributed by atoms with Crippen LogP contribution in [0.2, 0.25) is 0 Å². The summed E-state index contributed by atoms with van der Waals surface area (Å²) in [5.74, 6) is 0.504. The third-order valence-corrected chi connectivity index (χ3v) is 2.78. The van der Waals surface area contributed by atoms with Gasteiger partial charge in [-0.3, -0.25) is 4.79 Å². The summed E-state index contributed by atoms with van der Waals surface area (Å²) in [7, 11) is 1.85. The van der Waals surface area contributed by atoms with Crippen LogP contribution in [0.3, 0.4) is 0 Å². The van der Waals surface area contributed by atoms with Crippen molar-refractivity contribution < 1.29 is 4.79 Å². The molecule has 0 aliphatic heterocycles. The Labute approximate surface area is 116 Å². The second-order valence-electron chi connectivity index (χ2n) is 4.73. The van der Waals surface area contributed by atoms with Crippen LogP contribution in [0.15, 0.2) is 24.3 Å². The maximum Gasteiger partial charge on any atom is 0.228 e. The van der Waals surface area contributed by atoms with E-state index in [4.69, 9.17) is 0 Å². The minimum Gasteiger partial charge on any atom is -0.326 e. The molecule has 3 nitrogen and oxygen atoms in total. The molecule has 0 heterocycles. The number of anilines is 1. The molecule has 1 amide bonds. The van der Waals surface area contributed by atoms with Crippen molar-refractivity contribution in [3.63, 3.8) is 0 Å². The predicted molar refractivity (Wildman–Crippen MR) is 79.5 cm³/mol. The molecule has 1 atom stereocenters. The van der Waals surface area contributed by atoms with Crippen molar-refractivity contribution in [1.29, 1.82) is 0 Å². The number of hydrogen-bond donors (Lipinski definition) is 2. The van der Waals surface area contributed by atoms with E-state index in [-0.39, 0.29) is 24.2 Å². The largest absolute Gasteiger partial charge is 0.326 e. The molecule has 0 radical (unpaired) electrons. The summed E-state index contributed by atoms with van der Waals surface area (Å²) >= 11 is 0. The van der Waals surface area contributed by atoms with Crippen molar-refractivity contribution >= 4 is 24.0 Å². The van der Waals surface area contributed by atoms with E-state index in [1.54, 1.807) is 0 Å². The summed E-state index contributed by atoms with van der Waals surface area (Å²) < 4.78 is 0. The highest BCUT2D eigenvalue weighted by atomic mass is 35.5. The fourth-order valence-electron chi connectivity index (χ4n) is 1.64. The quantitative estimate of drug-likeness (QED) is 0.864. The Balaban J connectivity index is 0.00000289. The number of amides is 1. The summed E-state index contributed by atoms with van der Waals surface area (Å²) in [6.45, 7) is 6.89. The van der Waals surface area contributed by atoms with Gasteiger partial charge in [0, 0.05) is 18.2 Å². The van der Waals surface area contributed by atoms with Gasteiger partial charge in [-0.2, -0.15) is 0 Å². The molecule has 0 saturated carbocycles. The van der Waals surface area contributed by atoms with Gasteiger partial charge in [-0.1, -0.05) is 32.9 Å². The van der Waals surface area contributed by atoms with Crippen LogP contribution in [0, 0.1) is 5.92 Å². The van der Waals surface area contributed by atoms with E-state index in [9.17, 15) is 4.79 Å². The number of carbonyl (C=O) groups excluding carboxylic acids is 1. The zero-order chi connectivity index (χ0) is 12.8. The summed E-state index contributed by atoms with van der Waals surface area (Å²) in [6, 6.07) is 8.02. The second kappa shape index (κ2) is 8.11. The topological polar surface area (TPSA) is 41.1 Å². The van der Waals surface area contributed by atoms with E-state index in [2.05, 4.69) is 30.5 Å². The Morgan fingerprint density at radius 3 is 2.50 bits per heavy atom. The lowest BCUT2D eigenvalue weighted by molar-refractivity contribution is -0.119. The Hall–Kier alpha value is -1.06. The first kappa shape index (κ1) is 16.9. The molecule has 1 unspecified atom stereocenters. The van der Waals surface area contributed by atoms with E-state index >= 15 is 0 Å². The highest BCUT2D eigenvalue weighted by molar-refractivity contribution is 5.92. The first-order chi connectivity index (χ1) is 8.04. The van der Waals surface area contributed by atoms with E-state index in [0.717, 1.165) is 5.69 Å². The van der Waals surface area contributed by atoms with Crippen molar-refractivity contribution in [3.05, 3.63) is 29.8 Å². The molecule has 0 aliphatic carbocycles. The molecule has 2 N–H and O–H groups in total. The molecule has 0 aliphatic rings. The SMILES string of the molecule is CNCC(C)C(=O)Nc1cccc(C(C)C)c1.Cl. The van der Waals surface area contributed by atoms with Gasteiger partial charge in [0.2, 0.25) is 5.91 Å². The lowest BCUT2D eigenvalue weighted by Crippen LogP contribution is -2.28. The zero-order valence-electron chi connectivity index (χ0n) is 11.5. The van der Waals surface area contributed by atoms with Crippen molar-refractivity contribution in [2.75, 3.05) is 18.9 Å². The summed E-state index contributed by atoms with van der Waals surface area (Å²) in [6.07, 6.45) is 0. The Bertz CT molecular complexity index is 380. The molecule has 0 spiro atoms. The molecule has 18 heavy (non-hydrogen) atoms. The molecule has 0 fully saturated rings. The van der Waals surface area contributed by atoms with Crippen LogP contribution in [0.5, 0.6) is 0 Å². The average Bonchev–Trinajstić information content (AvgIpc) is 2.29. The number of hydrogen-bond acceptors (Lipinski definition) is 2. The number of nitrogens with one attached hydrogen (secondary N) is 2. The van der Waals surface area contributed by atoms with Gasteiger partial charge in [-0.05, 0) is 30.7 Å². The molecule has 1 rings (SSSR count). The molecule has 102 valence electrons. The highest BCUT2D eigenvalue weighted by Gasteiger charge is 2.12. The number of benzene rings is 1. The second-order valence-corrected chi connectivity index (χ2v) is 4.73. The van der Waals surface area contributed by atoms with Gasteiger partial charge in [0.05, 0.1) is 0 Å². The smallest absolute Gasteiger partial charge is 0.228 e. The third-order valence-electron chi connectivity index (χ3n) is 2.78. The first-order valence-electron chi connectivity index (χ1n) is 6.10. The number of halogens is 1. The molecule has 0 aromatic heterocycles. The van der Waals surface area contributed by atoms with Crippen LogP contribution in [-0.4, -0.2) is 19.5 Å². The standard InChI is InChI=1S/C14H22N2O.ClH/c1-10(2)12-6-5-7-13(8-12)16-14(17)11(3)9-15-4;/h5-8,10-11,15H,9H2,1-4H3,(H,16,17);1H. The Kier molecular flexibility index (Phi) is 7.64. The molecular formula is C14H23ClN2O. The van der Waals surface area contributed by atoms with Crippen LogP contribution < -0.4 is 10.6 Å². The fourth-order valence-corrected chi connectivity index (χ4v) is 1.64. The average molecular weight is 271 g/mol. The third kappa shape index (κ3) is 5.07. The number of rotatable bonds is 5. The minimum atomic E-state index is -0.0253. The molecule has 4 heteroatoms. The first-order valence-corrected chi connectivity index (χ1v) is 6.10. The van der Waals surface area contributed by atoms with E-state index < -0.39 is 0 Å². The van der Waals surface area contributed by atoms with Crippen LogP contribution >= 0.6 is 12.4 Å². The van der Waals surface area contributed by atoms with Crippen LogP contribution in [0.4, 0.5) is 5.69 Å². The van der Waals surface area contributed by atoms with Gasteiger partial charge in [-0.25, -0.2) is 0 Å². The lowest BCUT2D eigenvalue weighted by Gasteiger charge is -2.13. The molecule has 1 aromatic rings. The van der Waals surface area contributed by atoms with Crippen LogP contribution in [0.25, 0.3) is 0 Å². The van der Waals surface area contributed by atoms with E-state index in [1.165, 1.54) is 5.56 Å². The number of carbonyl (C=O) groups is 1. The fraction of sp³-hybridized carbons (Fsp3) is 0.500. The monoisotopic (exact) mass is 270 g/mol. The van der Waals surface area contributed by atoms with Crippen molar-refractivity contribution in [3.8, 4) is 0 Å². The normalized spacial score (nSPS) is 11.8. The zero-order valence-corrected chi connectivity index (χ0v) is 12.3. The highest BCUT2D eigenvalue weighted by Crippen LogP contribution is 2.18.